The molecular weight excluding hydrogens is 516 g/mol. The lowest BCUT2D eigenvalue weighted by atomic mass is 9.89. The summed E-state index contributed by atoms with van der Waals surface area (Å²) in [5, 5.41) is 5.92. The Morgan fingerprint density at radius 3 is 2.19 bits per heavy atom. The van der Waals surface area contributed by atoms with Gasteiger partial charge in [0.25, 0.3) is 15.9 Å². The second-order valence-electron chi connectivity index (χ2n) is 8.48. The van der Waals surface area contributed by atoms with Crippen LogP contribution in [0.4, 0.5) is 5.69 Å². The third-order valence-corrected chi connectivity index (χ3v) is 7.36. The van der Waals surface area contributed by atoms with Gasteiger partial charge in [0.05, 0.1) is 10.6 Å². The normalized spacial score (nSPS) is 14.6. The first kappa shape index (κ1) is 28.0. The highest BCUT2D eigenvalue weighted by molar-refractivity contribution is 7.92. The van der Waals surface area contributed by atoms with Crippen molar-refractivity contribution in [3.05, 3.63) is 84.4 Å². The molecule has 1 saturated heterocycles. The third kappa shape index (κ3) is 7.22. The van der Waals surface area contributed by atoms with Gasteiger partial charge in [-0.25, -0.2) is 8.42 Å². The van der Waals surface area contributed by atoms with E-state index >= 15 is 0 Å². The van der Waals surface area contributed by atoms with E-state index in [1.165, 1.54) is 24.3 Å². The second kappa shape index (κ2) is 12.6. The Bertz CT molecular complexity index is 1310. The number of halogens is 1. The third-order valence-electron chi connectivity index (χ3n) is 5.98. The molecule has 1 atom stereocenters. The van der Waals surface area contributed by atoms with Crippen molar-refractivity contribution in [2.24, 2.45) is 11.7 Å². The van der Waals surface area contributed by atoms with Gasteiger partial charge in [-0.2, -0.15) is 0 Å². The van der Waals surface area contributed by atoms with Gasteiger partial charge in [-0.1, -0.05) is 30.3 Å². The number of piperidine rings is 1. The van der Waals surface area contributed by atoms with E-state index in [9.17, 15) is 18.0 Å². The number of amides is 2. The number of benzene rings is 3. The number of rotatable bonds is 9. The average molecular weight is 545 g/mol. The zero-order chi connectivity index (χ0) is 25.5. The van der Waals surface area contributed by atoms with Crippen LogP contribution in [0.2, 0.25) is 0 Å². The molecule has 37 heavy (non-hydrogen) atoms. The number of hydrogen-bond donors (Lipinski definition) is 4. The van der Waals surface area contributed by atoms with Crippen molar-refractivity contribution < 1.29 is 22.7 Å². The predicted molar refractivity (Wildman–Crippen MR) is 143 cm³/mol. The molecule has 2 amide bonds. The molecule has 3 aromatic carbocycles. The molecule has 0 radical (unpaired) electrons. The minimum atomic E-state index is -3.97. The van der Waals surface area contributed by atoms with Crippen molar-refractivity contribution in [3.8, 4) is 11.5 Å². The standard InChI is InChI=1S/C26H28N4O5S.ClH/c27-25(31)24(18-14-16-28-17-15-18)29-26(32)19-10-12-21(13-11-19)36(33,34)30-22-8-4-5-9-23(22)35-20-6-2-1-3-7-20;/h1-13,18,24,28,30H,14-17H2,(H2,27,31)(H,29,32);1H. The van der Waals surface area contributed by atoms with Crippen molar-refractivity contribution in [1.82, 2.24) is 10.6 Å². The maximum absolute atomic E-state index is 13.0. The van der Waals surface area contributed by atoms with Gasteiger partial charge in [0.15, 0.2) is 5.75 Å². The molecule has 0 bridgehead atoms. The first-order valence-corrected chi connectivity index (χ1v) is 13.1. The molecule has 0 spiro atoms. The summed E-state index contributed by atoms with van der Waals surface area (Å²) in [6.07, 6.45) is 1.46. The number of nitrogens with one attached hydrogen (secondary N) is 3. The van der Waals surface area contributed by atoms with E-state index in [0.717, 1.165) is 25.9 Å². The van der Waals surface area contributed by atoms with E-state index in [-0.39, 0.29) is 34.5 Å². The number of para-hydroxylation sites is 3. The van der Waals surface area contributed by atoms with Gasteiger partial charge in [0, 0.05) is 5.56 Å². The zero-order valence-corrected chi connectivity index (χ0v) is 21.6. The molecule has 1 aliphatic heterocycles. The maximum atomic E-state index is 13.0. The summed E-state index contributed by atoms with van der Waals surface area (Å²) in [5.41, 5.74) is 6.03. The molecule has 1 fully saturated rings. The van der Waals surface area contributed by atoms with Crippen LogP contribution in [0.1, 0.15) is 23.2 Å². The van der Waals surface area contributed by atoms with E-state index in [1.807, 2.05) is 18.2 Å². The average Bonchev–Trinajstić information content (AvgIpc) is 2.89. The van der Waals surface area contributed by atoms with E-state index in [2.05, 4.69) is 15.4 Å². The molecule has 3 aromatic rings. The topological polar surface area (TPSA) is 140 Å². The molecule has 11 heteroatoms. The quantitative estimate of drug-likeness (QED) is 0.326. The van der Waals surface area contributed by atoms with Crippen LogP contribution in [0.3, 0.4) is 0 Å². The first-order chi connectivity index (χ1) is 17.3. The lowest BCUT2D eigenvalue weighted by molar-refractivity contribution is -0.121. The molecular formula is C26H29ClN4O5S. The van der Waals surface area contributed by atoms with Crippen LogP contribution in [0.25, 0.3) is 0 Å². The van der Waals surface area contributed by atoms with Crippen molar-refractivity contribution in [3.63, 3.8) is 0 Å². The van der Waals surface area contributed by atoms with Crippen LogP contribution in [-0.4, -0.2) is 39.4 Å². The van der Waals surface area contributed by atoms with E-state index in [0.29, 0.717) is 11.5 Å². The number of sulfonamides is 1. The zero-order valence-electron chi connectivity index (χ0n) is 19.9. The van der Waals surface area contributed by atoms with Crippen molar-refractivity contribution in [1.29, 1.82) is 0 Å². The summed E-state index contributed by atoms with van der Waals surface area (Å²) >= 11 is 0. The Kier molecular flexibility index (Phi) is 9.51. The van der Waals surface area contributed by atoms with Crippen LogP contribution in [0.5, 0.6) is 11.5 Å². The van der Waals surface area contributed by atoms with Gasteiger partial charge in [-0.15, -0.1) is 12.4 Å². The Morgan fingerprint density at radius 1 is 0.919 bits per heavy atom. The molecule has 0 aromatic heterocycles. The van der Waals surface area contributed by atoms with E-state index < -0.39 is 27.9 Å². The van der Waals surface area contributed by atoms with Gasteiger partial charge >= 0.3 is 0 Å². The molecule has 1 heterocycles. The van der Waals surface area contributed by atoms with E-state index in [1.54, 1.807) is 36.4 Å². The molecule has 1 unspecified atom stereocenters. The van der Waals surface area contributed by atoms with Gasteiger partial charge in [-0.05, 0) is 80.4 Å². The van der Waals surface area contributed by atoms with Crippen molar-refractivity contribution in [2.75, 3.05) is 17.8 Å². The number of nitrogens with two attached hydrogens (primary N) is 1. The Labute approximate surface area is 222 Å². The molecule has 4 rings (SSSR count). The van der Waals surface area contributed by atoms with Crippen molar-refractivity contribution in [2.45, 2.75) is 23.8 Å². The van der Waals surface area contributed by atoms with Gasteiger partial charge in [0.1, 0.15) is 11.8 Å². The number of ether oxygens (including phenoxy) is 1. The Hall–Kier alpha value is -3.60. The number of carbonyl (C=O) groups excluding carboxylic acids is 2. The largest absolute Gasteiger partial charge is 0.455 e. The second-order valence-corrected chi connectivity index (χ2v) is 10.2. The minimum absolute atomic E-state index is 0. The highest BCUT2D eigenvalue weighted by Crippen LogP contribution is 2.31. The maximum Gasteiger partial charge on any atom is 0.262 e. The summed E-state index contributed by atoms with van der Waals surface area (Å²) in [4.78, 5) is 24.7. The lowest BCUT2D eigenvalue weighted by Crippen LogP contribution is -2.51. The van der Waals surface area contributed by atoms with Gasteiger partial charge in [0.2, 0.25) is 5.91 Å². The van der Waals surface area contributed by atoms with Crippen LogP contribution in [0.15, 0.2) is 83.8 Å². The molecule has 0 aliphatic carbocycles. The summed E-state index contributed by atoms with van der Waals surface area (Å²) in [7, 11) is -3.97. The highest BCUT2D eigenvalue weighted by Gasteiger charge is 2.29. The van der Waals surface area contributed by atoms with Crippen LogP contribution < -0.4 is 25.8 Å². The summed E-state index contributed by atoms with van der Waals surface area (Å²) < 4.78 is 34.4. The summed E-state index contributed by atoms with van der Waals surface area (Å²) in [6.45, 7) is 1.51. The fraction of sp³-hybridized carbons (Fsp3) is 0.231. The smallest absolute Gasteiger partial charge is 0.262 e. The predicted octanol–water partition coefficient (Wildman–Crippen LogP) is 3.28. The van der Waals surface area contributed by atoms with Crippen LogP contribution >= 0.6 is 12.4 Å². The summed E-state index contributed by atoms with van der Waals surface area (Å²) in [6, 6.07) is 20.4. The van der Waals surface area contributed by atoms with Gasteiger partial charge < -0.3 is 21.1 Å². The molecule has 196 valence electrons. The molecule has 9 nitrogen and oxygen atoms in total. The molecule has 1 aliphatic rings. The Balaban J connectivity index is 0.00000380. The lowest BCUT2D eigenvalue weighted by Gasteiger charge is -2.29. The molecule has 5 N–H and O–H groups in total. The number of primary amides is 1. The van der Waals surface area contributed by atoms with Gasteiger partial charge in [-0.3, -0.25) is 14.3 Å². The number of anilines is 1. The fourth-order valence-corrected chi connectivity index (χ4v) is 5.14. The van der Waals surface area contributed by atoms with Crippen molar-refractivity contribution >= 4 is 39.9 Å². The van der Waals surface area contributed by atoms with Crippen LogP contribution in [0, 0.1) is 5.92 Å². The number of hydrogen-bond acceptors (Lipinski definition) is 6. The fourth-order valence-electron chi connectivity index (χ4n) is 4.07. The highest BCUT2D eigenvalue weighted by atomic mass is 35.5. The molecule has 0 saturated carbocycles. The summed E-state index contributed by atoms with van der Waals surface area (Å²) in [5.74, 6) is -0.211. The monoisotopic (exact) mass is 544 g/mol. The van der Waals surface area contributed by atoms with E-state index in [4.69, 9.17) is 10.5 Å². The number of carbonyl (C=O) groups is 2. The SMILES string of the molecule is Cl.NC(=O)C(NC(=O)c1ccc(S(=O)(=O)Nc2ccccc2Oc2ccccc2)cc1)C1CCNCC1. The van der Waals surface area contributed by atoms with Crippen LogP contribution in [-0.2, 0) is 14.8 Å². The minimum Gasteiger partial charge on any atom is -0.455 e. The Morgan fingerprint density at radius 2 is 1.54 bits per heavy atom. The first-order valence-electron chi connectivity index (χ1n) is 11.6.